The third-order valence-electron chi connectivity index (χ3n) is 5.24. The number of aromatic amines is 1. The number of hydrogen-bond donors (Lipinski definition) is 4. The number of aromatic nitrogens is 1. The number of methoxy groups -OCH3 is 1. The van der Waals surface area contributed by atoms with E-state index in [1.165, 1.54) is 0 Å². The molecule has 2 amide bonds. The van der Waals surface area contributed by atoms with Gasteiger partial charge < -0.3 is 26.1 Å². The lowest BCUT2D eigenvalue weighted by Crippen LogP contribution is -2.52. The molecule has 2 aromatic rings. The summed E-state index contributed by atoms with van der Waals surface area (Å²) in [7, 11) is 1.60. The zero-order chi connectivity index (χ0) is 20.7. The Bertz CT molecular complexity index is 789. The van der Waals surface area contributed by atoms with Crippen molar-refractivity contribution in [1.82, 2.24) is 15.6 Å². The van der Waals surface area contributed by atoms with Crippen molar-refractivity contribution in [3.05, 3.63) is 36.0 Å². The van der Waals surface area contributed by atoms with Crippen molar-refractivity contribution in [1.29, 1.82) is 0 Å². The molecule has 4 unspecified atom stereocenters. The number of benzene rings is 1. The van der Waals surface area contributed by atoms with E-state index in [1.807, 2.05) is 51.2 Å². The first-order valence-corrected chi connectivity index (χ1v) is 9.83. The lowest BCUT2D eigenvalue weighted by Gasteiger charge is -2.30. The zero-order valence-corrected chi connectivity index (χ0v) is 17.1. The van der Waals surface area contributed by atoms with Crippen LogP contribution in [0.3, 0.4) is 0 Å². The van der Waals surface area contributed by atoms with E-state index in [1.54, 1.807) is 7.11 Å². The number of nitrogens with two attached hydrogens (primary N) is 1. The summed E-state index contributed by atoms with van der Waals surface area (Å²) in [6.07, 6.45) is 2.72. The molecular weight excluding hydrogens is 356 g/mol. The fraction of sp³-hybridized carbons (Fsp3) is 0.524. The fourth-order valence-corrected chi connectivity index (χ4v) is 3.67. The van der Waals surface area contributed by atoms with Crippen LogP contribution in [0.5, 0.6) is 0 Å². The lowest BCUT2D eigenvalue weighted by molar-refractivity contribution is -0.133. The third-order valence-corrected chi connectivity index (χ3v) is 5.24. The van der Waals surface area contributed by atoms with Crippen molar-refractivity contribution in [2.45, 2.75) is 51.8 Å². The normalized spacial score (nSPS) is 15.7. The minimum atomic E-state index is -0.786. The van der Waals surface area contributed by atoms with Gasteiger partial charge in [0.05, 0.1) is 12.0 Å². The number of rotatable bonds is 11. The minimum absolute atomic E-state index is 0.0522. The van der Waals surface area contributed by atoms with Gasteiger partial charge in [0.1, 0.15) is 6.04 Å². The van der Waals surface area contributed by atoms with Crippen molar-refractivity contribution in [2.24, 2.45) is 11.7 Å². The van der Waals surface area contributed by atoms with E-state index in [9.17, 15) is 9.59 Å². The summed E-state index contributed by atoms with van der Waals surface area (Å²) < 4.78 is 5.60. The topological polar surface area (TPSA) is 109 Å². The van der Waals surface area contributed by atoms with Crippen LogP contribution in [0.2, 0.25) is 0 Å². The molecule has 0 spiro atoms. The van der Waals surface area contributed by atoms with Crippen LogP contribution in [0, 0.1) is 5.92 Å². The molecule has 0 aliphatic heterocycles. The number of amides is 2. The van der Waals surface area contributed by atoms with Gasteiger partial charge >= 0.3 is 0 Å². The Morgan fingerprint density at radius 2 is 1.96 bits per heavy atom. The number of H-pyrrole nitrogens is 1. The highest BCUT2D eigenvalue weighted by Gasteiger charge is 2.32. The second-order valence-electron chi connectivity index (χ2n) is 7.09. The van der Waals surface area contributed by atoms with Gasteiger partial charge in [0.2, 0.25) is 11.8 Å². The molecular formula is C21H32N4O3. The molecule has 1 aromatic heterocycles. The Kier molecular flexibility index (Phi) is 8.02. The maximum absolute atomic E-state index is 12.8. The first kappa shape index (κ1) is 21.9. The van der Waals surface area contributed by atoms with Crippen LogP contribution in [0.15, 0.2) is 30.5 Å². The van der Waals surface area contributed by atoms with Crippen LogP contribution >= 0.6 is 0 Å². The highest BCUT2D eigenvalue weighted by atomic mass is 16.5. The third kappa shape index (κ3) is 5.11. The van der Waals surface area contributed by atoms with E-state index in [2.05, 4.69) is 15.6 Å². The summed E-state index contributed by atoms with van der Waals surface area (Å²) in [6, 6.07) is 7.09. The molecule has 0 saturated heterocycles. The van der Waals surface area contributed by atoms with E-state index in [0.717, 1.165) is 29.4 Å². The summed E-state index contributed by atoms with van der Waals surface area (Å²) in [5.41, 5.74) is 7.50. The summed E-state index contributed by atoms with van der Waals surface area (Å²) in [4.78, 5) is 28.0. The minimum Gasteiger partial charge on any atom is -0.379 e. The molecule has 4 atom stereocenters. The molecule has 0 aliphatic carbocycles. The second-order valence-corrected chi connectivity index (χ2v) is 7.09. The molecule has 0 saturated carbocycles. The standard InChI is InChI=1S/C21H32N4O3/c1-5-16(23-6-2)19(28-4)13(3)21(27)25-18(20(22)26)11-14-12-24-17-10-8-7-9-15(14)17/h7-10,12-13,16,18-19,23-24H,5-6,11H2,1-4H3,(H2,22,26)(H,25,27). The molecule has 0 aliphatic rings. The lowest BCUT2D eigenvalue weighted by atomic mass is 9.94. The van der Waals surface area contributed by atoms with Gasteiger partial charge in [-0.1, -0.05) is 39.0 Å². The summed E-state index contributed by atoms with van der Waals surface area (Å²) in [6.45, 7) is 6.67. The van der Waals surface area contributed by atoms with Gasteiger partial charge in [0.25, 0.3) is 0 Å². The Morgan fingerprint density at radius 1 is 1.25 bits per heavy atom. The fourth-order valence-electron chi connectivity index (χ4n) is 3.67. The van der Waals surface area contributed by atoms with E-state index in [0.29, 0.717) is 6.42 Å². The second kappa shape index (κ2) is 10.2. The van der Waals surface area contributed by atoms with Gasteiger partial charge in [-0.15, -0.1) is 0 Å². The maximum Gasteiger partial charge on any atom is 0.240 e. The predicted octanol–water partition coefficient (Wildman–Crippen LogP) is 1.72. The van der Waals surface area contributed by atoms with Gasteiger partial charge in [-0.2, -0.15) is 0 Å². The predicted molar refractivity (Wildman–Crippen MR) is 111 cm³/mol. The van der Waals surface area contributed by atoms with Gasteiger partial charge in [0, 0.05) is 36.7 Å². The molecule has 28 heavy (non-hydrogen) atoms. The average molecular weight is 389 g/mol. The summed E-state index contributed by atoms with van der Waals surface area (Å²) in [5.74, 6) is -1.23. The van der Waals surface area contributed by atoms with Crippen LogP contribution < -0.4 is 16.4 Å². The quantitative estimate of drug-likeness (QED) is 0.470. The first-order valence-electron chi connectivity index (χ1n) is 9.83. The molecule has 0 bridgehead atoms. The summed E-state index contributed by atoms with van der Waals surface area (Å²) in [5, 5.41) is 7.19. The summed E-state index contributed by atoms with van der Waals surface area (Å²) >= 11 is 0. The molecule has 0 radical (unpaired) electrons. The van der Waals surface area contributed by atoms with Crippen LogP contribution in [0.25, 0.3) is 10.9 Å². The molecule has 5 N–H and O–H groups in total. The maximum atomic E-state index is 12.8. The van der Waals surface area contributed by atoms with E-state index < -0.39 is 17.9 Å². The molecule has 1 heterocycles. The molecule has 154 valence electrons. The Balaban J connectivity index is 2.12. The number of primary amides is 1. The van der Waals surface area contributed by atoms with Crippen molar-refractivity contribution in [2.75, 3.05) is 13.7 Å². The van der Waals surface area contributed by atoms with E-state index in [-0.39, 0.29) is 18.1 Å². The van der Waals surface area contributed by atoms with Gasteiger partial charge in [-0.3, -0.25) is 9.59 Å². The molecule has 0 fully saturated rings. The zero-order valence-electron chi connectivity index (χ0n) is 17.1. The van der Waals surface area contributed by atoms with E-state index >= 15 is 0 Å². The highest BCUT2D eigenvalue weighted by Crippen LogP contribution is 2.20. The van der Waals surface area contributed by atoms with Crippen LogP contribution in [0.1, 0.15) is 32.8 Å². The average Bonchev–Trinajstić information content (AvgIpc) is 3.09. The number of carbonyl (C=O) groups is 2. The number of hydrogen-bond acceptors (Lipinski definition) is 4. The Morgan fingerprint density at radius 3 is 2.57 bits per heavy atom. The highest BCUT2D eigenvalue weighted by molar-refractivity contribution is 5.89. The molecule has 2 rings (SSSR count). The number of fused-ring (bicyclic) bond motifs is 1. The van der Waals surface area contributed by atoms with Crippen LogP contribution in [-0.4, -0.2) is 48.6 Å². The van der Waals surface area contributed by atoms with Gasteiger partial charge in [-0.05, 0) is 24.6 Å². The smallest absolute Gasteiger partial charge is 0.240 e. The monoisotopic (exact) mass is 388 g/mol. The van der Waals surface area contributed by atoms with Crippen LogP contribution in [-0.2, 0) is 20.7 Å². The molecule has 7 nitrogen and oxygen atoms in total. The van der Waals surface area contributed by atoms with Gasteiger partial charge in [-0.25, -0.2) is 0 Å². The number of para-hydroxylation sites is 1. The van der Waals surface area contributed by atoms with E-state index in [4.69, 9.17) is 10.5 Å². The first-order chi connectivity index (χ1) is 13.4. The van der Waals surface area contributed by atoms with Crippen molar-refractivity contribution < 1.29 is 14.3 Å². The van der Waals surface area contributed by atoms with Gasteiger partial charge in [0.15, 0.2) is 0 Å². The number of nitrogens with one attached hydrogen (secondary N) is 3. The SMILES string of the molecule is CCNC(CC)C(OC)C(C)C(=O)NC(Cc1c[nH]c2ccccc12)C(N)=O. The Labute approximate surface area is 166 Å². The van der Waals surface area contributed by atoms with Crippen molar-refractivity contribution in [3.63, 3.8) is 0 Å². The Hall–Kier alpha value is -2.38. The number of likely N-dealkylation sites (N-methyl/N-ethyl adjacent to an activating group) is 1. The van der Waals surface area contributed by atoms with Crippen molar-refractivity contribution >= 4 is 22.7 Å². The largest absolute Gasteiger partial charge is 0.379 e. The van der Waals surface area contributed by atoms with Crippen molar-refractivity contribution in [3.8, 4) is 0 Å². The van der Waals surface area contributed by atoms with Crippen LogP contribution in [0.4, 0.5) is 0 Å². The number of ether oxygens (including phenoxy) is 1. The molecule has 7 heteroatoms. The molecule has 1 aromatic carbocycles. The number of carbonyl (C=O) groups excluding carboxylic acids is 2.